The van der Waals surface area contributed by atoms with Crippen LogP contribution in [0, 0.1) is 13.8 Å². The van der Waals surface area contributed by atoms with Gasteiger partial charge in [-0.25, -0.2) is 19.9 Å². The minimum absolute atomic E-state index is 0.766. The minimum atomic E-state index is 0.766. The highest BCUT2D eigenvalue weighted by molar-refractivity contribution is 5.77. The van der Waals surface area contributed by atoms with Crippen molar-refractivity contribution < 1.29 is 0 Å². The van der Waals surface area contributed by atoms with E-state index in [2.05, 4.69) is 102 Å². The first-order valence-corrected chi connectivity index (χ1v) is 12.5. The molecule has 0 unspecified atom stereocenters. The molecule has 2 aliphatic heterocycles. The van der Waals surface area contributed by atoms with Crippen LogP contribution in [0.25, 0.3) is 0 Å². The molecular formula is C28H30N8. The topological polar surface area (TPSA) is 64.5 Å². The summed E-state index contributed by atoms with van der Waals surface area (Å²) in [5, 5.41) is 0. The number of fused-ring (bicyclic) bond motifs is 2. The molecule has 2 aliphatic rings. The lowest BCUT2D eigenvalue weighted by molar-refractivity contribution is 0.673. The Morgan fingerprint density at radius 3 is 1.42 bits per heavy atom. The molecule has 8 heteroatoms. The molecule has 2 aromatic heterocycles. The molecule has 8 nitrogen and oxygen atoms in total. The Labute approximate surface area is 211 Å². The van der Waals surface area contributed by atoms with Crippen molar-refractivity contribution in [2.24, 2.45) is 0 Å². The standard InChI is InChI=1S/C28H30N8/c1-21-7-5-9-23(17-21)35-19-33(25-27(35)31-13-11-29-25)15-3-4-16-34-20-36(24-10-6-8-22(2)18-24)28-26(34)30-12-14-32-28/h5-14,17-18H,3-4,15-16,19-20H2,1-2H3. The summed E-state index contributed by atoms with van der Waals surface area (Å²) < 4.78 is 0. The second-order valence-corrected chi connectivity index (χ2v) is 9.46. The Balaban J connectivity index is 1.11. The van der Waals surface area contributed by atoms with Gasteiger partial charge in [-0.15, -0.1) is 0 Å². The summed E-state index contributed by atoms with van der Waals surface area (Å²) in [6.07, 6.45) is 9.22. The first-order valence-electron chi connectivity index (χ1n) is 12.5. The SMILES string of the molecule is Cc1cccc(N2CN(CCCCN3CN(c4cccc(C)c4)c4nccnc43)c3nccnc32)c1. The third kappa shape index (κ3) is 4.19. The van der Waals surface area contributed by atoms with Crippen molar-refractivity contribution in [3.8, 4) is 0 Å². The highest BCUT2D eigenvalue weighted by Crippen LogP contribution is 2.38. The third-order valence-electron chi connectivity index (χ3n) is 6.79. The van der Waals surface area contributed by atoms with Crippen molar-refractivity contribution in [2.45, 2.75) is 26.7 Å². The van der Waals surface area contributed by atoms with E-state index in [1.807, 2.05) is 0 Å². The van der Waals surface area contributed by atoms with Crippen LogP contribution in [0.2, 0.25) is 0 Å². The van der Waals surface area contributed by atoms with Crippen molar-refractivity contribution in [1.82, 2.24) is 19.9 Å². The molecule has 0 saturated carbocycles. The van der Waals surface area contributed by atoms with Gasteiger partial charge < -0.3 is 19.6 Å². The van der Waals surface area contributed by atoms with E-state index in [1.54, 1.807) is 24.8 Å². The van der Waals surface area contributed by atoms with E-state index in [-0.39, 0.29) is 0 Å². The van der Waals surface area contributed by atoms with Gasteiger partial charge in [-0.2, -0.15) is 0 Å². The Kier molecular flexibility index (Phi) is 5.85. The van der Waals surface area contributed by atoms with Crippen molar-refractivity contribution in [2.75, 3.05) is 46.0 Å². The Morgan fingerprint density at radius 2 is 1.00 bits per heavy atom. The summed E-state index contributed by atoms with van der Waals surface area (Å²) in [6.45, 7) is 7.63. The molecule has 0 radical (unpaired) electrons. The molecule has 36 heavy (non-hydrogen) atoms. The van der Waals surface area contributed by atoms with Crippen LogP contribution in [0.5, 0.6) is 0 Å². The van der Waals surface area contributed by atoms with E-state index >= 15 is 0 Å². The highest BCUT2D eigenvalue weighted by Gasteiger charge is 2.31. The molecule has 0 spiro atoms. The normalized spacial score (nSPS) is 14.4. The van der Waals surface area contributed by atoms with Crippen molar-refractivity contribution >= 4 is 34.6 Å². The molecule has 0 fully saturated rings. The lowest BCUT2D eigenvalue weighted by Gasteiger charge is -2.23. The second-order valence-electron chi connectivity index (χ2n) is 9.46. The van der Waals surface area contributed by atoms with Crippen LogP contribution in [0.3, 0.4) is 0 Å². The fourth-order valence-corrected chi connectivity index (χ4v) is 5.04. The van der Waals surface area contributed by atoms with Gasteiger partial charge >= 0.3 is 0 Å². The molecule has 6 rings (SSSR count). The summed E-state index contributed by atoms with van der Waals surface area (Å²) in [5.74, 6) is 3.78. The molecule has 0 atom stereocenters. The molecule has 0 bridgehead atoms. The van der Waals surface area contributed by atoms with Gasteiger partial charge in [-0.3, -0.25) is 0 Å². The number of aryl methyl sites for hydroxylation is 2. The molecule has 4 aromatic rings. The lowest BCUT2D eigenvalue weighted by atomic mass is 10.2. The van der Waals surface area contributed by atoms with Gasteiger partial charge in [0.2, 0.25) is 0 Å². The smallest absolute Gasteiger partial charge is 0.178 e. The summed E-state index contributed by atoms with van der Waals surface area (Å²) >= 11 is 0. The fourth-order valence-electron chi connectivity index (χ4n) is 5.04. The third-order valence-corrected chi connectivity index (χ3v) is 6.79. The van der Waals surface area contributed by atoms with Crippen molar-refractivity contribution in [3.63, 3.8) is 0 Å². The minimum Gasteiger partial charge on any atom is -0.335 e. The van der Waals surface area contributed by atoms with Crippen molar-refractivity contribution in [1.29, 1.82) is 0 Å². The van der Waals surface area contributed by atoms with Crippen LogP contribution in [0.1, 0.15) is 24.0 Å². The lowest BCUT2D eigenvalue weighted by Crippen LogP contribution is -2.31. The molecule has 0 saturated heterocycles. The maximum atomic E-state index is 4.66. The predicted octanol–water partition coefficient (Wildman–Crippen LogP) is 5.20. The number of benzene rings is 2. The van der Waals surface area contributed by atoms with Crippen LogP contribution in [-0.4, -0.2) is 46.4 Å². The zero-order chi connectivity index (χ0) is 24.5. The van der Waals surface area contributed by atoms with Crippen LogP contribution < -0.4 is 19.6 Å². The van der Waals surface area contributed by atoms with Crippen LogP contribution in [-0.2, 0) is 0 Å². The fraction of sp³-hybridized carbons (Fsp3) is 0.286. The maximum Gasteiger partial charge on any atom is 0.178 e. The molecule has 2 aromatic carbocycles. The van der Waals surface area contributed by atoms with E-state index in [1.165, 1.54) is 11.1 Å². The van der Waals surface area contributed by atoms with Gasteiger partial charge in [0.15, 0.2) is 23.3 Å². The average molecular weight is 479 g/mol. The Morgan fingerprint density at radius 1 is 0.583 bits per heavy atom. The second kappa shape index (κ2) is 9.45. The van der Waals surface area contributed by atoms with Crippen LogP contribution >= 0.6 is 0 Å². The monoisotopic (exact) mass is 478 g/mol. The largest absolute Gasteiger partial charge is 0.335 e. The number of hydrogen-bond acceptors (Lipinski definition) is 8. The van der Waals surface area contributed by atoms with E-state index in [0.717, 1.165) is 73.9 Å². The molecule has 0 N–H and O–H groups in total. The number of hydrogen-bond donors (Lipinski definition) is 0. The number of aromatic nitrogens is 4. The van der Waals surface area contributed by atoms with Gasteiger partial charge in [0.1, 0.15) is 0 Å². The molecule has 4 heterocycles. The molecule has 182 valence electrons. The summed E-state index contributed by atoms with van der Waals surface area (Å²) in [4.78, 5) is 27.8. The zero-order valence-electron chi connectivity index (χ0n) is 20.7. The molecule has 0 aliphatic carbocycles. The van der Waals surface area contributed by atoms with Crippen LogP contribution in [0.15, 0.2) is 73.3 Å². The number of nitrogens with zero attached hydrogens (tertiary/aromatic N) is 8. The summed E-state index contributed by atoms with van der Waals surface area (Å²) in [7, 11) is 0. The van der Waals surface area contributed by atoms with Gasteiger partial charge in [0, 0.05) is 49.3 Å². The summed E-state index contributed by atoms with van der Waals surface area (Å²) in [5.41, 5.74) is 4.79. The van der Waals surface area contributed by atoms with E-state index in [0.29, 0.717) is 0 Å². The Hall–Kier alpha value is -4.20. The maximum absolute atomic E-state index is 4.66. The van der Waals surface area contributed by atoms with Gasteiger partial charge in [0.05, 0.1) is 13.3 Å². The zero-order valence-corrected chi connectivity index (χ0v) is 20.7. The Bertz CT molecular complexity index is 1270. The van der Waals surface area contributed by atoms with Crippen LogP contribution in [0.4, 0.5) is 34.6 Å². The van der Waals surface area contributed by atoms with Gasteiger partial charge in [-0.1, -0.05) is 24.3 Å². The number of rotatable bonds is 7. The quantitative estimate of drug-likeness (QED) is 0.336. The van der Waals surface area contributed by atoms with Gasteiger partial charge in [-0.05, 0) is 62.1 Å². The number of unbranched alkanes of at least 4 members (excludes halogenated alkanes) is 1. The van der Waals surface area contributed by atoms with Gasteiger partial charge in [0.25, 0.3) is 0 Å². The van der Waals surface area contributed by atoms with Crippen molar-refractivity contribution in [3.05, 3.63) is 84.4 Å². The molecule has 0 amide bonds. The summed E-state index contributed by atoms with van der Waals surface area (Å²) in [6, 6.07) is 17.1. The first-order chi connectivity index (χ1) is 17.7. The highest BCUT2D eigenvalue weighted by atomic mass is 15.4. The van der Waals surface area contributed by atoms with E-state index in [4.69, 9.17) is 0 Å². The predicted molar refractivity (Wildman–Crippen MR) is 144 cm³/mol. The van der Waals surface area contributed by atoms with E-state index in [9.17, 15) is 0 Å². The number of anilines is 6. The van der Waals surface area contributed by atoms with E-state index < -0.39 is 0 Å². The average Bonchev–Trinajstić information content (AvgIpc) is 3.46. The first kappa shape index (κ1) is 22.3. The molecular weight excluding hydrogens is 448 g/mol.